The highest BCUT2D eigenvalue weighted by Gasteiger charge is 2.17. The van der Waals surface area contributed by atoms with Crippen LogP contribution in [0.4, 0.5) is 0 Å². The first-order chi connectivity index (χ1) is 10.8. The maximum atomic E-state index is 4.20. The van der Waals surface area contributed by atoms with Crippen LogP contribution in [0.5, 0.6) is 0 Å². The Balaban J connectivity index is 1.91. The smallest absolute Gasteiger partial charge is 0.113 e. The summed E-state index contributed by atoms with van der Waals surface area (Å²) in [5.74, 6) is 0. The Hall–Kier alpha value is -2.95. The lowest BCUT2D eigenvalue weighted by Gasteiger charge is -2.19. The molecule has 0 N–H and O–H groups in total. The van der Waals surface area contributed by atoms with Gasteiger partial charge in [-0.1, -0.05) is 41.6 Å². The molecule has 5 nitrogen and oxygen atoms in total. The quantitative estimate of drug-likeness (QED) is 0.582. The second-order valence-electron chi connectivity index (χ2n) is 5.28. The lowest BCUT2D eigenvalue weighted by Crippen LogP contribution is -2.10. The van der Waals surface area contributed by atoms with E-state index in [2.05, 4.69) is 56.3 Å². The SMILES string of the molecule is Cn1nnc2ccc(C(c3ccccc3)n3ccnc3)cc21. The minimum absolute atomic E-state index is 0.0861. The average Bonchev–Trinajstić information content (AvgIpc) is 3.20. The minimum atomic E-state index is 0.0861. The van der Waals surface area contributed by atoms with Gasteiger partial charge in [-0.05, 0) is 23.3 Å². The molecule has 2 aromatic heterocycles. The topological polar surface area (TPSA) is 48.5 Å². The van der Waals surface area contributed by atoms with E-state index in [0.29, 0.717) is 0 Å². The molecule has 0 aliphatic rings. The number of imidazole rings is 1. The Labute approximate surface area is 127 Å². The second kappa shape index (κ2) is 5.11. The maximum Gasteiger partial charge on any atom is 0.113 e. The van der Waals surface area contributed by atoms with Crippen molar-refractivity contribution in [3.8, 4) is 0 Å². The largest absolute Gasteiger partial charge is 0.326 e. The fraction of sp³-hybridized carbons (Fsp3) is 0.118. The van der Waals surface area contributed by atoms with Crippen molar-refractivity contribution in [2.45, 2.75) is 6.04 Å². The number of hydrogen-bond acceptors (Lipinski definition) is 3. The predicted octanol–water partition coefficient (Wildman–Crippen LogP) is 2.80. The molecule has 0 aliphatic heterocycles. The molecule has 0 spiro atoms. The Kier molecular flexibility index (Phi) is 2.96. The molecule has 0 radical (unpaired) electrons. The van der Waals surface area contributed by atoms with E-state index >= 15 is 0 Å². The average molecular weight is 289 g/mol. The van der Waals surface area contributed by atoms with Gasteiger partial charge in [-0.2, -0.15) is 0 Å². The first-order valence-corrected chi connectivity index (χ1v) is 7.14. The summed E-state index contributed by atoms with van der Waals surface area (Å²) in [4.78, 5) is 4.20. The Bertz CT molecular complexity index is 893. The van der Waals surface area contributed by atoms with Crippen LogP contribution < -0.4 is 0 Å². The van der Waals surface area contributed by atoms with Crippen LogP contribution in [-0.2, 0) is 7.05 Å². The highest BCUT2D eigenvalue weighted by molar-refractivity contribution is 5.75. The molecule has 22 heavy (non-hydrogen) atoms. The highest BCUT2D eigenvalue weighted by atomic mass is 15.4. The number of rotatable bonds is 3. The monoisotopic (exact) mass is 289 g/mol. The zero-order chi connectivity index (χ0) is 14.9. The fourth-order valence-corrected chi connectivity index (χ4v) is 2.81. The van der Waals surface area contributed by atoms with Crippen LogP contribution in [-0.4, -0.2) is 24.5 Å². The molecule has 0 bridgehead atoms. The molecular formula is C17H15N5. The van der Waals surface area contributed by atoms with E-state index in [1.54, 1.807) is 10.9 Å². The molecule has 4 rings (SSSR count). The summed E-state index contributed by atoms with van der Waals surface area (Å²) in [5, 5.41) is 8.23. The van der Waals surface area contributed by atoms with Gasteiger partial charge in [0.05, 0.1) is 17.9 Å². The summed E-state index contributed by atoms with van der Waals surface area (Å²) in [6.45, 7) is 0. The van der Waals surface area contributed by atoms with Gasteiger partial charge in [0, 0.05) is 19.4 Å². The summed E-state index contributed by atoms with van der Waals surface area (Å²) >= 11 is 0. The molecule has 0 saturated heterocycles. The molecule has 2 aromatic carbocycles. The number of aryl methyl sites for hydroxylation is 1. The van der Waals surface area contributed by atoms with E-state index in [4.69, 9.17) is 0 Å². The van der Waals surface area contributed by atoms with Crippen molar-refractivity contribution in [1.29, 1.82) is 0 Å². The summed E-state index contributed by atoms with van der Waals surface area (Å²) in [7, 11) is 1.91. The molecule has 1 atom stereocenters. The van der Waals surface area contributed by atoms with Gasteiger partial charge >= 0.3 is 0 Å². The highest BCUT2D eigenvalue weighted by Crippen LogP contribution is 2.28. The van der Waals surface area contributed by atoms with Crippen molar-refractivity contribution in [1.82, 2.24) is 24.5 Å². The maximum absolute atomic E-state index is 4.20. The molecule has 108 valence electrons. The van der Waals surface area contributed by atoms with E-state index in [1.165, 1.54) is 11.1 Å². The van der Waals surface area contributed by atoms with Gasteiger partial charge in [-0.3, -0.25) is 0 Å². The zero-order valence-electron chi connectivity index (χ0n) is 12.2. The summed E-state index contributed by atoms with van der Waals surface area (Å²) in [5.41, 5.74) is 4.33. The Morgan fingerprint density at radius 2 is 1.86 bits per heavy atom. The molecule has 1 unspecified atom stereocenters. The van der Waals surface area contributed by atoms with E-state index in [0.717, 1.165) is 11.0 Å². The first-order valence-electron chi connectivity index (χ1n) is 7.14. The third-order valence-corrected chi connectivity index (χ3v) is 3.89. The van der Waals surface area contributed by atoms with Gasteiger partial charge in [-0.15, -0.1) is 5.10 Å². The van der Waals surface area contributed by atoms with Gasteiger partial charge in [0.15, 0.2) is 0 Å². The summed E-state index contributed by atoms with van der Waals surface area (Å²) in [6, 6.07) is 16.8. The van der Waals surface area contributed by atoms with Crippen LogP contribution >= 0.6 is 0 Å². The van der Waals surface area contributed by atoms with Crippen molar-refractivity contribution in [3.05, 3.63) is 78.4 Å². The number of nitrogens with zero attached hydrogens (tertiary/aromatic N) is 5. The van der Waals surface area contributed by atoms with Gasteiger partial charge in [0.1, 0.15) is 5.52 Å². The lowest BCUT2D eigenvalue weighted by atomic mass is 9.98. The van der Waals surface area contributed by atoms with Crippen LogP contribution in [0.3, 0.4) is 0 Å². The molecule has 0 aliphatic carbocycles. The van der Waals surface area contributed by atoms with Gasteiger partial charge in [0.2, 0.25) is 0 Å². The number of hydrogen-bond donors (Lipinski definition) is 0. The molecule has 5 heteroatoms. The number of fused-ring (bicyclic) bond motifs is 1. The third kappa shape index (κ3) is 2.07. The van der Waals surface area contributed by atoms with Gasteiger partial charge in [0.25, 0.3) is 0 Å². The summed E-state index contributed by atoms with van der Waals surface area (Å²) < 4.78 is 3.91. The molecule has 0 saturated carbocycles. The molecular weight excluding hydrogens is 274 g/mol. The van der Waals surface area contributed by atoms with Crippen LogP contribution in [0.25, 0.3) is 11.0 Å². The zero-order valence-corrected chi connectivity index (χ0v) is 12.2. The van der Waals surface area contributed by atoms with Crippen molar-refractivity contribution < 1.29 is 0 Å². The van der Waals surface area contributed by atoms with Crippen LogP contribution in [0.15, 0.2) is 67.3 Å². The summed E-state index contributed by atoms with van der Waals surface area (Å²) in [6.07, 6.45) is 5.65. The molecule has 0 amide bonds. The Morgan fingerprint density at radius 1 is 1.00 bits per heavy atom. The van der Waals surface area contributed by atoms with Gasteiger partial charge < -0.3 is 4.57 Å². The van der Waals surface area contributed by atoms with Crippen molar-refractivity contribution in [3.63, 3.8) is 0 Å². The standard InChI is InChI=1S/C17H15N5/c1-21-16-11-14(7-8-15(16)19-20-21)17(22-10-9-18-12-22)13-5-3-2-4-6-13/h2-12,17H,1H3. The van der Waals surface area contributed by atoms with Gasteiger partial charge in [-0.25, -0.2) is 9.67 Å². The van der Waals surface area contributed by atoms with E-state index in [9.17, 15) is 0 Å². The second-order valence-corrected chi connectivity index (χ2v) is 5.28. The first kappa shape index (κ1) is 12.8. The van der Waals surface area contributed by atoms with Crippen molar-refractivity contribution >= 4 is 11.0 Å². The third-order valence-electron chi connectivity index (χ3n) is 3.89. The van der Waals surface area contributed by atoms with Crippen molar-refractivity contribution in [2.75, 3.05) is 0 Å². The van der Waals surface area contributed by atoms with Crippen LogP contribution in [0.1, 0.15) is 17.2 Å². The minimum Gasteiger partial charge on any atom is -0.326 e. The normalized spacial score (nSPS) is 12.6. The van der Waals surface area contributed by atoms with E-state index in [-0.39, 0.29) is 6.04 Å². The Morgan fingerprint density at radius 3 is 2.64 bits per heavy atom. The number of aromatic nitrogens is 5. The fourth-order valence-electron chi connectivity index (χ4n) is 2.81. The van der Waals surface area contributed by atoms with E-state index in [1.807, 2.05) is 31.7 Å². The van der Waals surface area contributed by atoms with Crippen LogP contribution in [0.2, 0.25) is 0 Å². The lowest BCUT2D eigenvalue weighted by molar-refractivity contribution is 0.676. The molecule has 2 heterocycles. The predicted molar refractivity (Wildman–Crippen MR) is 84.4 cm³/mol. The van der Waals surface area contributed by atoms with E-state index < -0.39 is 0 Å². The molecule has 0 fully saturated rings. The van der Waals surface area contributed by atoms with Crippen LogP contribution in [0, 0.1) is 0 Å². The van der Waals surface area contributed by atoms with Crippen molar-refractivity contribution in [2.24, 2.45) is 7.05 Å². The number of benzene rings is 2. The molecule has 4 aromatic rings.